The molecular weight excluding hydrogens is 351 g/mol. The summed E-state index contributed by atoms with van der Waals surface area (Å²) in [7, 11) is -3.19. The first-order chi connectivity index (χ1) is 11.8. The maximum absolute atomic E-state index is 11.7. The van der Waals surface area contributed by atoms with Crippen LogP contribution in [0, 0.1) is 0 Å². The Hall–Kier alpha value is -1.21. The average molecular weight is 380 g/mol. The Bertz CT molecular complexity index is 463. The Labute approximate surface area is 149 Å². The molecule has 0 saturated carbocycles. The van der Waals surface area contributed by atoms with Crippen LogP contribution in [-0.4, -0.2) is 43.3 Å². The molecule has 0 aromatic rings. The number of hydrogen-bond donors (Lipinski definition) is 1. The Kier molecular flexibility index (Phi) is 13.3. The number of rotatable bonds is 14. The molecule has 0 radical (unpaired) electrons. The molecule has 0 bridgehead atoms. The van der Waals surface area contributed by atoms with Gasteiger partial charge in [0.25, 0.3) is 0 Å². The van der Waals surface area contributed by atoms with Gasteiger partial charge in [0.1, 0.15) is 6.61 Å². The number of hydrogen-bond acceptors (Lipinski definition) is 7. The molecule has 2 atom stereocenters. The summed E-state index contributed by atoms with van der Waals surface area (Å²) in [5, 5.41) is 0. The number of esters is 2. The van der Waals surface area contributed by atoms with Crippen molar-refractivity contribution >= 4 is 19.8 Å². The Morgan fingerprint density at radius 3 is 2.44 bits per heavy atom. The smallest absolute Gasteiger partial charge is 0.461 e. The molecule has 0 aliphatic rings. The van der Waals surface area contributed by atoms with Crippen molar-refractivity contribution < 1.29 is 37.6 Å². The van der Waals surface area contributed by atoms with E-state index >= 15 is 0 Å². The van der Waals surface area contributed by atoms with Crippen LogP contribution in [-0.2, 0) is 32.7 Å². The Morgan fingerprint density at radius 2 is 1.84 bits per heavy atom. The van der Waals surface area contributed by atoms with Crippen LogP contribution in [0.3, 0.4) is 0 Å². The van der Waals surface area contributed by atoms with Gasteiger partial charge in [0.05, 0.1) is 13.0 Å². The number of phosphoric ester groups is 1. The van der Waals surface area contributed by atoms with Crippen molar-refractivity contribution in [1.29, 1.82) is 0 Å². The van der Waals surface area contributed by atoms with E-state index in [1.807, 2.05) is 13.0 Å². The predicted molar refractivity (Wildman–Crippen MR) is 91.8 cm³/mol. The fourth-order valence-electron chi connectivity index (χ4n) is 1.66. The third-order valence-electron chi connectivity index (χ3n) is 3.01. The number of phosphoric acid groups is 1. The van der Waals surface area contributed by atoms with Crippen molar-refractivity contribution in [3.8, 4) is 0 Å². The number of allylic oxidation sites excluding steroid dienone is 1. The summed E-state index contributed by atoms with van der Waals surface area (Å²) in [6, 6.07) is 0. The van der Waals surface area contributed by atoms with E-state index in [0.29, 0.717) is 6.42 Å². The molecule has 0 aromatic heterocycles. The molecule has 0 amide bonds. The standard InChI is InChI=1S/C16H29O8P/c1-4-6-7-8-9-11-15(17)22-12-14(24-16(18)10-5-2)13-23-25(19,20)21-3/h8-9,14H,4-7,10-13H2,1-3H3,(H,19,20)/b9-8-/t14-/m1/s1. The Morgan fingerprint density at radius 1 is 1.12 bits per heavy atom. The Balaban J connectivity index is 4.40. The van der Waals surface area contributed by atoms with Gasteiger partial charge in [0.2, 0.25) is 0 Å². The summed E-state index contributed by atoms with van der Waals surface area (Å²) in [4.78, 5) is 32.5. The molecule has 0 heterocycles. The van der Waals surface area contributed by atoms with Crippen LogP contribution in [0.1, 0.15) is 52.4 Å². The zero-order chi connectivity index (χ0) is 19.1. The average Bonchev–Trinajstić information content (AvgIpc) is 2.57. The van der Waals surface area contributed by atoms with Gasteiger partial charge in [-0.2, -0.15) is 0 Å². The lowest BCUT2D eigenvalue weighted by Crippen LogP contribution is -2.29. The zero-order valence-corrected chi connectivity index (χ0v) is 16.0. The van der Waals surface area contributed by atoms with Gasteiger partial charge in [-0.3, -0.25) is 18.6 Å². The quantitative estimate of drug-likeness (QED) is 0.212. The second-order valence-corrected chi connectivity index (χ2v) is 6.87. The van der Waals surface area contributed by atoms with E-state index in [1.165, 1.54) is 0 Å². The third-order valence-corrected chi connectivity index (χ3v) is 3.95. The topological polar surface area (TPSA) is 108 Å². The summed E-state index contributed by atoms with van der Waals surface area (Å²) >= 11 is 0. The van der Waals surface area contributed by atoms with E-state index in [9.17, 15) is 19.0 Å². The predicted octanol–water partition coefficient (Wildman–Crippen LogP) is 3.14. The van der Waals surface area contributed by atoms with Gasteiger partial charge in [0, 0.05) is 13.5 Å². The van der Waals surface area contributed by atoms with Crippen molar-refractivity contribution in [2.24, 2.45) is 0 Å². The minimum absolute atomic E-state index is 0.108. The van der Waals surface area contributed by atoms with Crippen LogP contribution in [0.25, 0.3) is 0 Å². The lowest BCUT2D eigenvalue weighted by atomic mass is 10.2. The molecule has 0 aliphatic heterocycles. The van der Waals surface area contributed by atoms with Crippen LogP contribution >= 0.6 is 7.82 Å². The monoisotopic (exact) mass is 380 g/mol. The summed E-state index contributed by atoms with van der Waals surface area (Å²) in [5.74, 6) is -0.986. The van der Waals surface area contributed by atoms with Crippen LogP contribution in [0.5, 0.6) is 0 Å². The molecule has 8 nitrogen and oxygen atoms in total. The fourth-order valence-corrected chi connectivity index (χ4v) is 2.12. The van der Waals surface area contributed by atoms with Crippen LogP contribution in [0.15, 0.2) is 12.2 Å². The van der Waals surface area contributed by atoms with Crippen molar-refractivity contribution in [3.63, 3.8) is 0 Å². The fraction of sp³-hybridized carbons (Fsp3) is 0.750. The minimum Gasteiger partial charge on any atom is -0.461 e. The molecular formula is C16H29O8P. The first-order valence-electron chi connectivity index (χ1n) is 8.37. The van der Waals surface area contributed by atoms with E-state index in [1.54, 1.807) is 6.08 Å². The molecule has 0 aliphatic carbocycles. The summed E-state index contributed by atoms with van der Waals surface area (Å²) in [5.41, 5.74) is 0. The lowest BCUT2D eigenvalue weighted by molar-refractivity contribution is -0.160. The maximum atomic E-state index is 11.7. The van der Waals surface area contributed by atoms with Gasteiger partial charge < -0.3 is 14.4 Å². The molecule has 0 rings (SSSR count). The van der Waals surface area contributed by atoms with Gasteiger partial charge in [-0.15, -0.1) is 0 Å². The van der Waals surface area contributed by atoms with Crippen molar-refractivity contribution in [3.05, 3.63) is 12.2 Å². The number of carbonyl (C=O) groups is 2. The second-order valence-electron chi connectivity index (χ2n) is 5.31. The number of unbranched alkanes of at least 4 members (excludes halogenated alkanes) is 2. The molecule has 0 fully saturated rings. The molecule has 0 saturated heterocycles. The van der Waals surface area contributed by atoms with Crippen LogP contribution in [0.2, 0.25) is 0 Å². The van der Waals surface area contributed by atoms with Gasteiger partial charge in [-0.1, -0.05) is 38.8 Å². The molecule has 0 aromatic carbocycles. The highest BCUT2D eigenvalue weighted by Gasteiger charge is 2.24. The molecule has 9 heteroatoms. The molecule has 0 spiro atoms. The summed E-state index contributed by atoms with van der Waals surface area (Å²) in [6.45, 7) is 3.21. The van der Waals surface area contributed by atoms with Gasteiger partial charge in [0.15, 0.2) is 6.10 Å². The molecule has 146 valence electrons. The first kappa shape index (κ1) is 23.8. The van der Waals surface area contributed by atoms with E-state index in [-0.39, 0.29) is 19.4 Å². The molecule has 1 unspecified atom stereocenters. The molecule has 1 N–H and O–H groups in total. The highest BCUT2D eigenvalue weighted by molar-refractivity contribution is 7.47. The van der Waals surface area contributed by atoms with Crippen LogP contribution in [0.4, 0.5) is 0 Å². The highest BCUT2D eigenvalue weighted by atomic mass is 31.2. The zero-order valence-electron chi connectivity index (χ0n) is 15.1. The van der Waals surface area contributed by atoms with Crippen molar-refractivity contribution in [2.75, 3.05) is 20.3 Å². The molecule has 25 heavy (non-hydrogen) atoms. The first-order valence-corrected chi connectivity index (χ1v) is 9.87. The van der Waals surface area contributed by atoms with E-state index in [0.717, 1.165) is 26.4 Å². The van der Waals surface area contributed by atoms with Gasteiger partial charge in [-0.25, -0.2) is 4.57 Å². The van der Waals surface area contributed by atoms with Gasteiger partial charge in [-0.05, 0) is 12.8 Å². The van der Waals surface area contributed by atoms with Crippen LogP contribution < -0.4 is 0 Å². The SMILES string of the molecule is CCCC/C=C\CC(=O)OC[C@H](COP(=O)(O)OC)OC(=O)CCC. The van der Waals surface area contributed by atoms with Crippen molar-refractivity contribution in [1.82, 2.24) is 0 Å². The summed E-state index contributed by atoms with van der Waals surface area (Å²) < 4.78 is 30.4. The second kappa shape index (κ2) is 14.0. The lowest BCUT2D eigenvalue weighted by Gasteiger charge is -2.19. The maximum Gasteiger partial charge on any atom is 0.472 e. The van der Waals surface area contributed by atoms with E-state index < -0.39 is 32.5 Å². The van der Waals surface area contributed by atoms with E-state index in [2.05, 4.69) is 16.0 Å². The van der Waals surface area contributed by atoms with E-state index in [4.69, 9.17) is 9.47 Å². The number of carbonyl (C=O) groups excluding carboxylic acids is 2. The normalized spacial score (nSPS) is 14.9. The highest BCUT2D eigenvalue weighted by Crippen LogP contribution is 2.42. The van der Waals surface area contributed by atoms with Gasteiger partial charge >= 0.3 is 19.8 Å². The summed E-state index contributed by atoms with van der Waals surface area (Å²) in [6.07, 6.45) is 6.56. The van der Waals surface area contributed by atoms with Crippen molar-refractivity contribution in [2.45, 2.75) is 58.5 Å². The largest absolute Gasteiger partial charge is 0.472 e. The number of ether oxygens (including phenoxy) is 2. The minimum atomic E-state index is -4.20. The third kappa shape index (κ3) is 13.7.